The summed E-state index contributed by atoms with van der Waals surface area (Å²) in [6, 6.07) is 0. The quantitative estimate of drug-likeness (QED) is 0.0518. The number of amides is 2. The summed E-state index contributed by atoms with van der Waals surface area (Å²) in [6.07, 6.45) is 1.68. The maximum Gasteiger partial charge on any atom is 0.342 e. The molecule has 7 unspecified atom stereocenters. The van der Waals surface area contributed by atoms with E-state index in [1.54, 1.807) is 54.5 Å². The van der Waals surface area contributed by atoms with E-state index in [0.717, 1.165) is 11.8 Å². The van der Waals surface area contributed by atoms with Gasteiger partial charge in [-0.3, -0.25) is 24.0 Å². The number of ether oxygens (including phenoxy) is 3. The lowest BCUT2D eigenvalue weighted by Gasteiger charge is -2.51. The van der Waals surface area contributed by atoms with Crippen LogP contribution < -0.4 is 16.0 Å². The van der Waals surface area contributed by atoms with Crippen molar-refractivity contribution in [3.8, 4) is 0 Å². The van der Waals surface area contributed by atoms with Crippen molar-refractivity contribution in [2.45, 2.75) is 215 Å². The van der Waals surface area contributed by atoms with Gasteiger partial charge < -0.3 is 40.4 Å². The number of nitrogens with one attached hydrogen (secondary N) is 3. The van der Waals surface area contributed by atoms with Gasteiger partial charge in [-0.15, -0.1) is 11.8 Å². The molecular weight excluding hydrogens is 1060 g/mol. The molecule has 5 N–H and O–H groups in total. The smallest absolute Gasteiger partial charge is 0.342 e. The zero-order valence-corrected chi connectivity index (χ0v) is 54.9. The summed E-state index contributed by atoms with van der Waals surface area (Å²) in [5.74, 6) is -6.46. The van der Waals surface area contributed by atoms with Gasteiger partial charge in [0.05, 0.1) is 18.7 Å². The molecule has 0 radical (unpaired) electrons. The average Bonchev–Trinajstić information content (AvgIpc) is 3.53. The summed E-state index contributed by atoms with van der Waals surface area (Å²) in [4.78, 5) is 101. The van der Waals surface area contributed by atoms with Gasteiger partial charge in [-0.2, -0.15) is 0 Å². The summed E-state index contributed by atoms with van der Waals surface area (Å²) < 4.78 is 19.6. The molecule has 0 aromatic rings. The molecule has 7 atom stereocenters. The minimum atomic E-state index is -1.17. The van der Waals surface area contributed by atoms with E-state index in [9.17, 15) is 34.2 Å². The molecule has 16 nitrogen and oxygen atoms in total. The number of aliphatic carboxylic acids is 2. The summed E-state index contributed by atoms with van der Waals surface area (Å²) in [6.45, 7) is 49.6. The number of amidine groups is 1. The third-order valence-corrected chi connectivity index (χ3v) is 18.4. The van der Waals surface area contributed by atoms with Gasteiger partial charge in [0.2, 0.25) is 11.8 Å². The summed E-state index contributed by atoms with van der Waals surface area (Å²) in [5.41, 5.74) is -0.672. The molecule has 4 rings (SSSR count). The van der Waals surface area contributed by atoms with Crippen LogP contribution in [0, 0.1) is 85.8 Å². The Morgan fingerprint density at radius 1 is 0.695 bits per heavy atom. The maximum atomic E-state index is 15.6. The Labute approximate surface area is 495 Å². The van der Waals surface area contributed by atoms with Gasteiger partial charge in [0.1, 0.15) is 41.0 Å². The maximum absolute atomic E-state index is 15.6. The predicted octanol–water partition coefficient (Wildman–Crippen LogP) is 12.1. The minimum Gasteiger partial charge on any atom is -0.481 e. The lowest BCUT2D eigenvalue weighted by Crippen LogP contribution is -2.54. The molecule has 4 aliphatic rings. The highest BCUT2D eigenvalue weighted by Crippen LogP contribution is 2.53. The van der Waals surface area contributed by atoms with E-state index >= 15 is 9.59 Å². The lowest BCUT2D eigenvalue weighted by atomic mass is 9.58. The Kier molecular flexibility index (Phi) is 22.2. The van der Waals surface area contributed by atoms with Gasteiger partial charge in [0, 0.05) is 45.8 Å². The van der Waals surface area contributed by atoms with Gasteiger partial charge in [0.15, 0.2) is 0 Å². The van der Waals surface area contributed by atoms with Gasteiger partial charge in [-0.1, -0.05) is 159 Å². The third-order valence-electron chi connectivity index (χ3n) is 17.0. The minimum absolute atomic E-state index is 0.000687. The van der Waals surface area contributed by atoms with Crippen molar-refractivity contribution in [1.29, 1.82) is 0 Å². The Morgan fingerprint density at radius 2 is 1.16 bits per heavy atom. The Balaban J connectivity index is 1.94. The van der Waals surface area contributed by atoms with Crippen molar-refractivity contribution in [3.63, 3.8) is 0 Å². The largest absolute Gasteiger partial charge is 0.481 e. The van der Waals surface area contributed by atoms with Crippen LogP contribution in [0.2, 0.25) is 0 Å². The number of allylic oxidation sites excluding steroid dienone is 2. The van der Waals surface area contributed by atoms with Crippen LogP contribution in [-0.2, 0) is 47.8 Å². The first-order valence-electron chi connectivity index (χ1n) is 29.6. The molecule has 2 aliphatic carbocycles. The second-order valence-corrected chi connectivity index (χ2v) is 32.2. The molecule has 0 spiro atoms. The third kappa shape index (κ3) is 17.6. The van der Waals surface area contributed by atoms with Crippen LogP contribution in [0.5, 0.6) is 0 Å². The SMILES string of the molecule is C=C(C)C(=O)OCC1CC(C(C)(C)C)C(OC(=O)C2=C(C(C)C)/C(=C/C3=C(C(C)C)C(C(=O)OC4C(C(C)(C)C)CC(CSC(CC(=O)O)C(=O)O)CC4C(C)(C)C)C(NC(=O)C(C)(C)C)N3)N=C2NC(=O)C(C)(C)C)C(C(C)(C)C)C1. The number of carbonyl (C=O) groups is 7. The Morgan fingerprint density at radius 3 is 1.56 bits per heavy atom. The van der Waals surface area contributed by atoms with Crippen molar-refractivity contribution in [2.24, 2.45) is 90.7 Å². The molecule has 2 fully saturated rings. The molecule has 0 aromatic heterocycles. The number of rotatable bonds is 17. The molecule has 2 heterocycles. The number of aliphatic imine (C=N–C) groups is 1. The molecule has 2 aliphatic heterocycles. The van der Waals surface area contributed by atoms with Crippen LogP contribution >= 0.6 is 11.8 Å². The number of hydrogen-bond acceptors (Lipinski definition) is 13. The Hall–Kier alpha value is -4.93. The molecule has 0 saturated heterocycles. The first kappa shape index (κ1) is 69.6. The van der Waals surface area contributed by atoms with Crippen molar-refractivity contribution >= 4 is 59.3 Å². The zero-order valence-electron chi connectivity index (χ0n) is 54.1. The fourth-order valence-corrected chi connectivity index (χ4v) is 13.4. The van der Waals surface area contributed by atoms with Gasteiger partial charge in [-0.05, 0) is 101 Å². The predicted molar refractivity (Wildman–Crippen MR) is 324 cm³/mol. The highest BCUT2D eigenvalue weighted by atomic mass is 32.2. The zero-order chi connectivity index (χ0) is 62.9. The van der Waals surface area contributed by atoms with Crippen LogP contribution in [-0.4, -0.2) is 93.7 Å². The number of thioether (sulfide) groups is 1. The van der Waals surface area contributed by atoms with Crippen LogP contribution in [0.15, 0.2) is 51.3 Å². The number of carbonyl (C=O) groups excluding carboxylic acids is 5. The normalized spacial score (nSPS) is 26.7. The molecule has 462 valence electrons. The molecular formula is C65H104N4O12S. The number of esters is 3. The second kappa shape index (κ2) is 26.1. The fourth-order valence-electron chi connectivity index (χ4n) is 12.2. The standard InChI is InChI=1S/C65H104N4O12S/c1-33(2)46-42(66-52(68-58(77)64(19,20)21)48(46)56(75)80-50-38(60(7,8)9)25-36(26-39(50)61(10,11)12)31-79-55(74)35(5)6)29-43-47(34(3)4)49(53(67-43)69-59(78)65(22,23)24)57(76)81-51-40(62(13,14)15)27-37(28-41(51)63(16,17)18)32-82-44(54(72)73)30-45(70)71/h29,33-34,36-41,44,49-51,53,67H,5,25-28,30-32H2,1-4,6-24H3,(H,69,78)(H,70,71)(H,72,73)(H,66,68,77)/b42-29-. The first-order valence-corrected chi connectivity index (χ1v) is 30.7. The molecule has 2 saturated carbocycles. The molecule has 82 heavy (non-hydrogen) atoms. The highest BCUT2D eigenvalue weighted by molar-refractivity contribution is 8.00. The molecule has 2 amide bonds. The van der Waals surface area contributed by atoms with E-state index in [4.69, 9.17) is 19.2 Å². The second-order valence-electron chi connectivity index (χ2n) is 31.0. The van der Waals surface area contributed by atoms with Crippen LogP contribution in [0.3, 0.4) is 0 Å². The fraction of sp³-hybridized carbons (Fsp3) is 0.754. The van der Waals surface area contributed by atoms with E-state index in [-0.39, 0.29) is 98.8 Å². The van der Waals surface area contributed by atoms with E-state index in [2.05, 4.69) is 106 Å². The van der Waals surface area contributed by atoms with Crippen LogP contribution in [0.25, 0.3) is 0 Å². The molecule has 0 bridgehead atoms. The monoisotopic (exact) mass is 1160 g/mol. The van der Waals surface area contributed by atoms with E-state index in [1.165, 1.54) is 0 Å². The van der Waals surface area contributed by atoms with Crippen molar-refractivity contribution < 1.29 is 58.0 Å². The van der Waals surface area contributed by atoms with Gasteiger partial charge in [0.25, 0.3) is 0 Å². The Bertz CT molecular complexity index is 2520. The van der Waals surface area contributed by atoms with Gasteiger partial charge >= 0.3 is 29.8 Å². The average molecular weight is 1170 g/mol. The van der Waals surface area contributed by atoms with Crippen molar-refractivity contribution in [1.82, 2.24) is 16.0 Å². The van der Waals surface area contributed by atoms with E-state index in [1.807, 2.05) is 27.7 Å². The van der Waals surface area contributed by atoms with Crippen molar-refractivity contribution in [2.75, 3.05) is 12.4 Å². The highest BCUT2D eigenvalue weighted by Gasteiger charge is 2.53. The van der Waals surface area contributed by atoms with Crippen LogP contribution in [0.1, 0.15) is 191 Å². The van der Waals surface area contributed by atoms with E-state index < -0.39 is 76.6 Å². The summed E-state index contributed by atoms with van der Waals surface area (Å²) in [7, 11) is 0. The van der Waals surface area contributed by atoms with Crippen LogP contribution in [0.4, 0.5) is 0 Å². The summed E-state index contributed by atoms with van der Waals surface area (Å²) >= 11 is 1.15. The van der Waals surface area contributed by atoms with Gasteiger partial charge in [-0.25, -0.2) is 14.6 Å². The van der Waals surface area contributed by atoms with Crippen molar-refractivity contribution in [3.05, 3.63) is 46.3 Å². The number of hydrogen-bond donors (Lipinski definition) is 5. The molecule has 17 heteroatoms. The summed E-state index contributed by atoms with van der Waals surface area (Å²) in [5, 5.41) is 28.0. The number of carboxylic acid groups (broad SMARTS) is 2. The number of carboxylic acids is 2. The lowest BCUT2D eigenvalue weighted by molar-refractivity contribution is -0.174. The topological polar surface area (TPSA) is 236 Å². The number of nitrogens with zero attached hydrogens (tertiary/aromatic N) is 1. The first-order chi connectivity index (χ1) is 37.2. The molecule has 0 aromatic carbocycles. The van der Waals surface area contributed by atoms with E-state index in [0.29, 0.717) is 59.5 Å².